The normalized spacial score (nSPS) is 14.3. The molecule has 0 radical (unpaired) electrons. The first-order valence-corrected chi connectivity index (χ1v) is 7.20. The number of benzene rings is 1. The van der Waals surface area contributed by atoms with Gasteiger partial charge in [-0.05, 0) is 43.7 Å². The lowest BCUT2D eigenvalue weighted by atomic mass is 10.0. The Morgan fingerprint density at radius 2 is 1.84 bits per heavy atom. The molecule has 0 aromatic heterocycles. The summed E-state index contributed by atoms with van der Waals surface area (Å²) in [5.41, 5.74) is 2.61. The highest BCUT2D eigenvalue weighted by Crippen LogP contribution is 2.17. The van der Waals surface area contributed by atoms with E-state index in [0.717, 1.165) is 6.61 Å². The molecule has 0 spiro atoms. The van der Waals surface area contributed by atoms with Crippen LogP contribution in [0, 0.1) is 5.92 Å². The van der Waals surface area contributed by atoms with Crippen molar-refractivity contribution in [2.24, 2.45) is 5.92 Å². The van der Waals surface area contributed by atoms with Gasteiger partial charge in [0.2, 0.25) is 0 Å². The Morgan fingerprint density at radius 1 is 1.16 bits per heavy atom. The molecular formula is C18H28O. The molecule has 1 nitrogen and oxygen atoms in total. The third-order valence-electron chi connectivity index (χ3n) is 2.97. The van der Waals surface area contributed by atoms with Crippen LogP contribution in [0.2, 0.25) is 0 Å². The molecule has 106 valence electrons. The van der Waals surface area contributed by atoms with Crippen molar-refractivity contribution in [3.8, 4) is 0 Å². The largest absolute Gasteiger partial charge is 0.375 e. The van der Waals surface area contributed by atoms with Gasteiger partial charge in [0, 0.05) is 0 Å². The molecule has 0 saturated heterocycles. The molecule has 0 unspecified atom stereocenters. The smallest absolute Gasteiger partial charge is 0.0598 e. The molecule has 1 aromatic rings. The van der Waals surface area contributed by atoms with Gasteiger partial charge in [0.05, 0.1) is 12.2 Å². The van der Waals surface area contributed by atoms with Crippen molar-refractivity contribution < 1.29 is 4.74 Å². The van der Waals surface area contributed by atoms with E-state index in [0.29, 0.717) is 11.8 Å². The molecule has 0 bridgehead atoms. The van der Waals surface area contributed by atoms with Gasteiger partial charge in [-0.2, -0.15) is 0 Å². The van der Waals surface area contributed by atoms with E-state index in [9.17, 15) is 0 Å². The van der Waals surface area contributed by atoms with Gasteiger partial charge in [-0.3, -0.25) is 0 Å². The molecule has 0 aliphatic heterocycles. The Morgan fingerprint density at radius 3 is 2.42 bits per heavy atom. The minimum Gasteiger partial charge on any atom is -0.375 e. The highest BCUT2D eigenvalue weighted by molar-refractivity contribution is 5.50. The fourth-order valence-electron chi connectivity index (χ4n) is 1.73. The predicted molar refractivity (Wildman–Crippen MR) is 84.4 cm³/mol. The molecule has 1 atom stereocenters. The van der Waals surface area contributed by atoms with E-state index < -0.39 is 0 Å². The zero-order valence-corrected chi connectivity index (χ0v) is 13.2. The lowest BCUT2D eigenvalue weighted by Crippen LogP contribution is -2.22. The Bertz CT molecular complexity index is 410. The monoisotopic (exact) mass is 260 g/mol. The molecule has 1 rings (SSSR count). The van der Waals surface area contributed by atoms with Gasteiger partial charge in [0.15, 0.2) is 0 Å². The summed E-state index contributed by atoms with van der Waals surface area (Å²) in [5, 5.41) is 0. The number of hydrogen-bond donors (Lipinski definition) is 0. The molecule has 0 fully saturated rings. The van der Waals surface area contributed by atoms with Gasteiger partial charge in [-0.15, -0.1) is 0 Å². The van der Waals surface area contributed by atoms with E-state index in [2.05, 4.69) is 78.0 Å². The maximum Gasteiger partial charge on any atom is 0.0598 e. The summed E-state index contributed by atoms with van der Waals surface area (Å²) in [6.45, 7) is 13.7. The molecule has 1 aromatic carbocycles. The summed E-state index contributed by atoms with van der Waals surface area (Å²) < 4.78 is 5.79. The van der Waals surface area contributed by atoms with Crippen LogP contribution in [0.4, 0.5) is 0 Å². The van der Waals surface area contributed by atoms with Crippen LogP contribution in [0.15, 0.2) is 30.3 Å². The van der Waals surface area contributed by atoms with Crippen molar-refractivity contribution in [2.75, 3.05) is 6.61 Å². The average molecular weight is 260 g/mol. The molecular weight excluding hydrogens is 232 g/mol. The van der Waals surface area contributed by atoms with Crippen molar-refractivity contribution in [2.45, 2.75) is 53.1 Å². The second kappa shape index (κ2) is 6.91. The maximum absolute atomic E-state index is 5.79. The zero-order valence-electron chi connectivity index (χ0n) is 13.2. The van der Waals surface area contributed by atoms with Crippen molar-refractivity contribution in [1.82, 2.24) is 0 Å². The van der Waals surface area contributed by atoms with Gasteiger partial charge < -0.3 is 4.74 Å². The summed E-state index contributed by atoms with van der Waals surface area (Å²) in [7, 11) is 0. The van der Waals surface area contributed by atoms with Gasteiger partial charge in [0.1, 0.15) is 0 Å². The van der Waals surface area contributed by atoms with Crippen molar-refractivity contribution in [1.29, 1.82) is 0 Å². The number of rotatable bonds is 5. The van der Waals surface area contributed by atoms with Gasteiger partial charge in [0.25, 0.3) is 0 Å². The van der Waals surface area contributed by atoms with Gasteiger partial charge in [-0.1, -0.05) is 57.2 Å². The minimum absolute atomic E-state index is 0.0559. The lowest BCUT2D eigenvalue weighted by molar-refractivity contribution is -0.0128. The van der Waals surface area contributed by atoms with E-state index >= 15 is 0 Å². The third-order valence-corrected chi connectivity index (χ3v) is 2.97. The Kier molecular flexibility index (Phi) is 5.81. The second-order valence-electron chi connectivity index (χ2n) is 6.58. The van der Waals surface area contributed by atoms with Crippen LogP contribution in [0.5, 0.6) is 0 Å². The van der Waals surface area contributed by atoms with Crippen LogP contribution in [-0.4, -0.2) is 12.2 Å². The lowest BCUT2D eigenvalue weighted by Gasteiger charge is -2.21. The second-order valence-corrected chi connectivity index (χ2v) is 6.58. The van der Waals surface area contributed by atoms with Crippen LogP contribution in [0.3, 0.4) is 0 Å². The fraction of sp³-hybridized carbons (Fsp3) is 0.556. The van der Waals surface area contributed by atoms with Crippen LogP contribution in [0.25, 0.3) is 6.08 Å². The Hall–Kier alpha value is -1.08. The van der Waals surface area contributed by atoms with Gasteiger partial charge in [-0.25, -0.2) is 0 Å². The zero-order chi connectivity index (χ0) is 14.5. The van der Waals surface area contributed by atoms with E-state index in [1.54, 1.807) is 0 Å². The highest BCUT2D eigenvalue weighted by Gasteiger charge is 2.11. The molecule has 0 aliphatic rings. The van der Waals surface area contributed by atoms with Crippen LogP contribution in [-0.2, 0) is 4.74 Å². The first kappa shape index (κ1) is 16.0. The molecule has 0 saturated carbocycles. The number of hydrogen-bond acceptors (Lipinski definition) is 1. The van der Waals surface area contributed by atoms with E-state index in [4.69, 9.17) is 4.74 Å². The van der Waals surface area contributed by atoms with Gasteiger partial charge >= 0.3 is 0 Å². The quantitative estimate of drug-likeness (QED) is 0.700. The van der Waals surface area contributed by atoms with E-state index in [1.807, 2.05) is 0 Å². The molecule has 0 aliphatic carbocycles. The minimum atomic E-state index is -0.0559. The van der Waals surface area contributed by atoms with Crippen molar-refractivity contribution >= 4 is 6.08 Å². The summed E-state index contributed by atoms with van der Waals surface area (Å²) in [4.78, 5) is 0. The predicted octanol–water partition coefficient (Wildman–Crippen LogP) is 5.27. The van der Waals surface area contributed by atoms with Crippen LogP contribution < -0.4 is 0 Å². The molecule has 1 heteroatoms. The topological polar surface area (TPSA) is 9.23 Å². The highest BCUT2D eigenvalue weighted by atomic mass is 16.5. The molecule has 0 heterocycles. The summed E-state index contributed by atoms with van der Waals surface area (Å²) >= 11 is 0. The molecule has 0 N–H and O–H groups in total. The summed E-state index contributed by atoms with van der Waals surface area (Å²) in [5.74, 6) is 1.01. The standard InChI is InChI=1S/C18H28O/c1-14(2)17-9-7-8-16(12-17)11-10-15(3)13-19-18(4,5)6/h7-12,14-15H,13H2,1-6H3/b11-10+/t15-/m0/s1. The first-order chi connectivity index (χ1) is 8.78. The van der Waals surface area contributed by atoms with Crippen molar-refractivity contribution in [3.05, 3.63) is 41.5 Å². The maximum atomic E-state index is 5.79. The Balaban J connectivity index is 2.58. The summed E-state index contributed by atoms with van der Waals surface area (Å²) in [6.07, 6.45) is 4.42. The fourth-order valence-corrected chi connectivity index (χ4v) is 1.73. The van der Waals surface area contributed by atoms with Crippen LogP contribution >= 0.6 is 0 Å². The van der Waals surface area contributed by atoms with E-state index in [1.165, 1.54) is 11.1 Å². The average Bonchev–Trinajstić information content (AvgIpc) is 2.33. The summed E-state index contributed by atoms with van der Waals surface area (Å²) in [6, 6.07) is 8.73. The van der Waals surface area contributed by atoms with Crippen molar-refractivity contribution in [3.63, 3.8) is 0 Å². The van der Waals surface area contributed by atoms with Crippen LogP contribution in [0.1, 0.15) is 58.6 Å². The SMILES string of the molecule is CC(C)c1cccc(/C=C/[C@H](C)COC(C)(C)C)c1. The Labute approximate surface area is 118 Å². The first-order valence-electron chi connectivity index (χ1n) is 7.20. The van der Waals surface area contributed by atoms with E-state index in [-0.39, 0.29) is 5.60 Å². The molecule has 19 heavy (non-hydrogen) atoms. The number of ether oxygens (including phenoxy) is 1. The molecule has 0 amide bonds. The third kappa shape index (κ3) is 6.58.